The first kappa shape index (κ1) is 13.6. The smallest absolute Gasteiger partial charge is 0.246 e. The molecule has 1 atom stereocenters. The lowest BCUT2D eigenvalue weighted by Gasteiger charge is -2.26. The van der Waals surface area contributed by atoms with E-state index in [0.717, 1.165) is 18.5 Å². The summed E-state index contributed by atoms with van der Waals surface area (Å²) in [5, 5.41) is 6.15. The van der Waals surface area contributed by atoms with E-state index in [2.05, 4.69) is 21.7 Å². The molecule has 5 nitrogen and oxygen atoms in total. The SMILES string of the molecule is COc1ccc(NC(=O)C2NCCc3ccccc32)cn1. The van der Waals surface area contributed by atoms with Gasteiger partial charge in [-0.3, -0.25) is 4.79 Å². The summed E-state index contributed by atoms with van der Waals surface area (Å²) in [6.45, 7) is 0.802. The van der Waals surface area contributed by atoms with E-state index in [1.165, 1.54) is 5.56 Å². The maximum absolute atomic E-state index is 12.5. The van der Waals surface area contributed by atoms with Gasteiger partial charge in [-0.05, 0) is 23.6 Å². The van der Waals surface area contributed by atoms with Gasteiger partial charge in [-0.25, -0.2) is 4.98 Å². The zero-order valence-corrected chi connectivity index (χ0v) is 11.8. The number of benzene rings is 1. The van der Waals surface area contributed by atoms with Crippen LogP contribution in [0.25, 0.3) is 0 Å². The van der Waals surface area contributed by atoms with Crippen LogP contribution in [0.3, 0.4) is 0 Å². The molecule has 5 heteroatoms. The molecule has 108 valence electrons. The molecule has 0 fully saturated rings. The number of amides is 1. The van der Waals surface area contributed by atoms with Gasteiger partial charge in [0.2, 0.25) is 11.8 Å². The second-order valence-electron chi connectivity index (χ2n) is 4.91. The molecule has 0 bridgehead atoms. The van der Waals surface area contributed by atoms with Gasteiger partial charge >= 0.3 is 0 Å². The molecule has 1 amide bonds. The molecular weight excluding hydrogens is 266 g/mol. The summed E-state index contributed by atoms with van der Waals surface area (Å²) < 4.78 is 5.00. The van der Waals surface area contributed by atoms with Crippen LogP contribution in [-0.4, -0.2) is 24.5 Å². The largest absolute Gasteiger partial charge is 0.481 e. The molecule has 0 radical (unpaired) electrons. The number of hydrogen-bond donors (Lipinski definition) is 2. The van der Waals surface area contributed by atoms with E-state index in [1.807, 2.05) is 18.2 Å². The third-order valence-corrected chi connectivity index (χ3v) is 3.58. The summed E-state index contributed by atoms with van der Waals surface area (Å²) in [7, 11) is 1.56. The molecule has 2 heterocycles. The number of fused-ring (bicyclic) bond motifs is 1. The molecule has 1 unspecified atom stereocenters. The van der Waals surface area contributed by atoms with Gasteiger partial charge in [-0.1, -0.05) is 24.3 Å². The minimum Gasteiger partial charge on any atom is -0.481 e. The average molecular weight is 283 g/mol. The minimum absolute atomic E-state index is 0.0749. The van der Waals surface area contributed by atoms with Crippen molar-refractivity contribution in [2.24, 2.45) is 0 Å². The normalized spacial score (nSPS) is 16.9. The monoisotopic (exact) mass is 283 g/mol. The fraction of sp³-hybridized carbons (Fsp3) is 0.250. The zero-order valence-electron chi connectivity index (χ0n) is 11.8. The van der Waals surface area contributed by atoms with E-state index in [-0.39, 0.29) is 11.9 Å². The highest BCUT2D eigenvalue weighted by Crippen LogP contribution is 2.24. The number of nitrogens with zero attached hydrogens (tertiary/aromatic N) is 1. The molecule has 0 spiro atoms. The van der Waals surface area contributed by atoms with Crippen LogP contribution in [-0.2, 0) is 11.2 Å². The lowest BCUT2D eigenvalue weighted by atomic mass is 9.94. The van der Waals surface area contributed by atoms with Crippen molar-refractivity contribution in [1.29, 1.82) is 0 Å². The number of pyridine rings is 1. The van der Waals surface area contributed by atoms with E-state index in [1.54, 1.807) is 25.4 Å². The maximum atomic E-state index is 12.5. The average Bonchev–Trinajstić information content (AvgIpc) is 2.55. The fourth-order valence-electron chi connectivity index (χ4n) is 2.53. The Balaban J connectivity index is 1.76. The highest BCUT2D eigenvalue weighted by atomic mass is 16.5. The highest BCUT2D eigenvalue weighted by Gasteiger charge is 2.25. The second kappa shape index (κ2) is 5.93. The highest BCUT2D eigenvalue weighted by molar-refractivity contribution is 5.95. The summed E-state index contributed by atoms with van der Waals surface area (Å²) in [6, 6.07) is 11.2. The second-order valence-corrected chi connectivity index (χ2v) is 4.91. The van der Waals surface area contributed by atoms with Crippen LogP contribution in [0.4, 0.5) is 5.69 Å². The number of rotatable bonds is 3. The summed E-state index contributed by atoms with van der Waals surface area (Å²) in [5.74, 6) is 0.447. The van der Waals surface area contributed by atoms with Crippen LogP contribution >= 0.6 is 0 Å². The Labute approximate surface area is 123 Å². The van der Waals surface area contributed by atoms with Crippen molar-refractivity contribution in [3.05, 3.63) is 53.7 Å². The van der Waals surface area contributed by atoms with Crippen molar-refractivity contribution in [2.45, 2.75) is 12.5 Å². The van der Waals surface area contributed by atoms with Gasteiger partial charge in [0.15, 0.2) is 0 Å². The number of ether oxygens (including phenoxy) is 1. The predicted octanol–water partition coefficient (Wildman–Crippen LogP) is 1.92. The Morgan fingerprint density at radius 1 is 1.33 bits per heavy atom. The molecule has 1 aromatic heterocycles. The minimum atomic E-state index is -0.322. The van der Waals surface area contributed by atoms with Crippen molar-refractivity contribution in [1.82, 2.24) is 10.3 Å². The topological polar surface area (TPSA) is 63.2 Å². The number of methoxy groups -OCH3 is 1. The van der Waals surface area contributed by atoms with Crippen LogP contribution in [0.1, 0.15) is 17.2 Å². The van der Waals surface area contributed by atoms with Gasteiger partial charge < -0.3 is 15.4 Å². The number of hydrogen-bond acceptors (Lipinski definition) is 4. The van der Waals surface area contributed by atoms with Crippen LogP contribution in [0.15, 0.2) is 42.6 Å². The van der Waals surface area contributed by atoms with E-state index < -0.39 is 0 Å². The zero-order chi connectivity index (χ0) is 14.7. The molecule has 2 N–H and O–H groups in total. The van der Waals surface area contributed by atoms with Gasteiger partial charge in [0.05, 0.1) is 19.0 Å². The van der Waals surface area contributed by atoms with Crippen LogP contribution < -0.4 is 15.4 Å². The molecule has 0 aliphatic carbocycles. The molecule has 1 aliphatic heterocycles. The molecule has 1 aromatic carbocycles. The molecule has 3 rings (SSSR count). The maximum Gasteiger partial charge on any atom is 0.246 e. The lowest BCUT2D eigenvalue weighted by Crippen LogP contribution is -2.38. The van der Waals surface area contributed by atoms with Gasteiger partial charge in [0.25, 0.3) is 0 Å². The van der Waals surface area contributed by atoms with Gasteiger partial charge in [0.1, 0.15) is 6.04 Å². The first-order valence-corrected chi connectivity index (χ1v) is 6.90. The molecule has 0 saturated carbocycles. The molecular formula is C16H17N3O2. The third kappa shape index (κ3) is 2.87. The number of aromatic nitrogens is 1. The van der Waals surface area contributed by atoms with E-state index >= 15 is 0 Å². The summed E-state index contributed by atoms with van der Waals surface area (Å²) in [6.07, 6.45) is 2.54. The Morgan fingerprint density at radius 2 is 2.19 bits per heavy atom. The lowest BCUT2D eigenvalue weighted by molar-refractivity contribution is -0.118. The third-order valence-electron chi connectivity index (χ3n) is 3.58. The molecule has 21 heavy (non-hydrogen) atoms. The molecule has 2 aromatic rings. The first-order valence-electron chi connectivity index (χ1n) is 6.90. The quantitative estimate of drug-likeness (QED) is 0.903. The van der Waals surface area contributed by atoms with Crippen molar-refractivity contribution in [2.75, 3.05) is 19.0 Å². The van der Waals surface area contributed by atoms with Gasteiger partial charge in [0, 0.05) is 12.6 Å². The first-order chi connectivity index (χ1) is 10.3. The van der Waals surface area contributed by atoms with Gasteiger partial charge in [-0.15, -0.1) is 0 Å². The standard InChI is InChI=1S/C16H17N3O2/c1-21-14-7-6-12(10-18-14)19-16(20)15-13-5-3-2-4-11(13)8-9-17-15/h2-7,10,15,17H,8-9H2,1H3,(H,19,20). The Hall–Kier alpha value is -2.40. The van der Waals surface area contributed by atoms with E-state index in [0.29, 0.717) is 11.6 Å². The molecule has 1 aliphatic rings. The van der Waals surface area contributed by atoms with Crippen molar-refractivity contribution in [3.8, 4) is 5.88 Å². The number of nitrogens with one attached hydrogen (secondary N) is 2. The summed E-state index contributed by atoms with van der Waals surface area (Å²) >= 11 is 0. The Kier molecular flexibility index (Phi) is 3.83. The fourth-order valence-corrected chi connectivity index (χ4v) is 2.53. The van der Waals surface area contributed by atoms with Crippen LogP contribution in [0, 0.1) is 0 Å². The Bertz CT molecular complexity index is 640. The van der Waals surface area contributed by atoms with Gasteiger partial charge in [-0.2, -0.15) is 0 Å². The number of carbonyl (C=O) groups excluding carboxylic acids is 1. The van der Waals surface area contributed by atoms with E-state index in [4.69, 9.17) is 4.74 Å². The van der Waals surface area contributed by atoms with Crippen molar-refractivity contribution < 1.29 is 9.53 Å². The summed E-state index contributed by atoms with van der Waals surface area (Å²) in [5.41, 5.74) is 2.93. The van der Waals surface area contributed by atoms with Crippen LogP contribution in [0.2, 0.25) is 0 Å². The molecule has 0 saturated heterocycles. The van der Waals surface area contributed by atoms with E-state index in [9.17, 15) is 4.79 Å². The Morgan fingerprint density at radius 3 is 2.95 bits per heavy atom. The summed E-state index contributed by atoms with van der Waals surface area (Å²) in [4.78, 5) is 16.5. The van der Waals surface area contributed by atoms with Crippen LogP contribution in [0.5, 0.6) is 5.88 Å². The number of anilines is 1. The predicted molar refractivity (Wildman–Crippen MR) is 80.3 cm³/mol. The van der Waals surface area contributed by atoms with Crippen molar-refractivity contribution in [3.63, 3.8) is 0 Å². The number of carbonyl (C=O) groups is 1. The van der Waals surface area contributed by atoms with Crippen molar-refractivity contribution >= 4 is 11.6 Å².